The van der Waals surface area contributed by atoms with Gasteiger partial charge in [0.2, 0.25) is 0 Å². The van der Waals surface area contributed by atoms with E-state index in [0.29, 0.717) is 4.47 Å². The highest BCUT2D eigenvalue weighted by Gasteiger charge is 2.21. The maximum atomic E-state index is 13.1. The summed E-state index contributed by atoms with van der Waals surface area (Å²) in [5.74, 6) is -0.294. The SMILES string of the molecule is C[C@H](N[S@@](=O)C(C)(C)C)c1ccc(F)c(Br)c1. The van der Waals surface area contributed by atoms with Crippen molar-refractivity contribution in [2.24, 2.45) is 0 Å². The summed E-state index contributed by atoms with van der Waals surface area (Å²) in [6.07, 6.45) is 0. The van der Waals surface area contributed by atoms with Gasteiger partial charge in [0.15, 0.2) is 0 Å². The molecule has 1 aromatic rings. The molecule has 2 nitrogen and oxygen atoms in total. The van der Waals surface area contributed by atoms with E-state index in [2.05, 4.69) is 20.7 Å². The molecule has 0 amide bonds. The normalized spacial score (nSPS) is 15.6. The van der Waals surface area contributed by atoms with Gasteiger partial charge in [-0.2, -0.15) is 0 Å². The van der Waals surface area contributed by atoms with Crippen molar-refractivity contribution in [2.75, 3.05) is 0 Å². The molecule has 0 saturated carbocycles. The zero-order valence-corrected chi connectivity index (χ0v) is 12.8. The highest BCUT2D eigenvalue weighted by atomic mass is 79.9. The molecule has 0 spiro atoms. The smallest absolute Gasteiger partial charge is 0.137 e. The summed E-state index contributed by atoms with van der Waals surface area (Å²) in [6, 6.07) is 4.70. The first-order valence-corrected chi connectivity index (χ1v) is 7.29. The molecule has 2 atom stereocenters. The van der Waals surface area contributed by atoms with Crippen molar-refractivity contribution in [3.8, 4) is 0 Å². The molecule has 0 aliphatic carbocycles. The number of hydrogen-bond acceptors (Lipinski definition) is 1. The monoisotopic (exact) mass is 321 g/mol. The third-order valence-corrected chi connectivity index (χ3v) is 4.57. The van der Waals surface area contributed by atoms with E-state index in [-0.39, 0.29) is 16.6 Å². The molecule has 17 heavy (non-hydrogen) atoms. The Morgan fingerprint density at radius 1 is 1.41 bits per heavy atom. The minimum absolute atomic E-state index is 0.0908. The molecule has 1 rings (SSSR count). The predicted molar refractivity (Wildman–Crippen MR) is 73.5 cm³/mol. The maximum Gasteiger partial charge on any atom is 0.137 e. The fourth-order valence-corrected chi connectivity index (χ4v) is 2.39. The lowest BCUT2D eigenvalue weighted by atomic mass is 10.1. The molecule has 0 saturated heterocycles. The van der Waals surface area contributed by atoms with Gasteiger partial charge in [-0.15, -0.1) is 0 Å². The Kier molecular flexibility index (Phi) is 4.86. The second-order valence-electron chi connectivity index (χ2n) is 4.89. The Hall–Kier alpha value is -0.260. The third-order valence-electron chi connectivity index (χ3n) is 2.28. The van der Waals surface area contributed by atoms with E-state index in [4.69, 9.17) is 0 Å². The molecule has 0 aromatic heterocycles. The summed E-state index contributed by atoms with van der Waals surface area (Å²) in [5, 5.41) is 0. The molecule has 0 radical (unpaired) electrons. The van der Waals surface area contributed by atoms with Crippen molar-refractivity contribution in [3.05, 3.63) is 34.1 Å². The summed E-state index contributed by atoms with van der Waals surface area (Å²) < 4.78 is 28.1. The van der Waals surface area contributed by atoms with Crippen LogP contribution in [0.4, 0.5) is 4.39 Å². The Balaban J connectivity index is 2.80. The summed E-state index contributed by atoms with van der Waals surface area (Å²) in [5.41, 5.74) is 0.899. The zero-order chi connectivity index (χ0) is 13.2. The highest BCUT2D eigenvalue weighted by Crippen LogP contribution is 2.22. The maximum absolute atomic E-state index is 13.1. The number of benzene rings is 1. The van der Waals surface area contributed by atoms with Gasteiger partial charge >= 0.3 is 0 Å². The fourth-order valence-electron chi connectivity index (χ4n) is 1.19. The molecule has 0 unspecified atom stereocenters. The molecule has 1 N–H and O–H groups in total. The van der Waals surface area contributed by atoms with Crippen molar-refractivity contribution in [1.29, 1.82) is 0 Å². The highest BCUT2D eigenvalue weighted by molar-refractivity contribution is 9.10. The van der Waals surface area contributed by atoms with Crippen LogP contribution < -0.4 is 4.72 Å². The molecule has 96 valence electrons. The largest absolute Gasteiger partial charge is 0.242 e. The van der Waals surface area contributed by atoms with Gasteiger partial charge in [-0.1, -0.05) is 6.07 Å². The standard InChI is InChI=1S/C12H17BrFNOS/c1-8(15-17(16)12(2,3)4)9-5-6-11(14)10(13)7-9/h5-8,15H,1-4H3/t8-,17-/m0/s1. The van der Waals surface area contributed by atoms with Gasteiger partial charge in [-0.05, 0) is 61.3 Å². The van der Waals surface area contributed by atoms with E-state index in [1.54, 1.807) is 12.1 Å². The molecular formula is C12H17BrFNOS. The second kappa shape index (κ2) is 5.59. The molecule has 5 heteroatoms. The van der Waals surface area contributed by atoms with E-state index in [9.17, 15) is 8.60 Å². The van der Waals surface area contributed by atoms with Crippen LogP contribution in [-0.4, -0.2) is 8.96 Å². The van der Waals surface area contributed by atoms with Crippen molar-refractivity contribution in [1.82, 2.24) is 4.72 Å². The zero-order valence-electron chi connectivity index (χ0n) is 10.4. The van der Waals surface area contributed by atoms with Gasteiger partial charge in [0.05, 0.1) is 20.2 Å². The fraction of sp³-hybridized carbons (Fsp3) is 0.500. The van der Waals surface area contributed by atoms with Crippen molar-refractivity contribution in [3.63, 3.8) is 0 Å². The van der Waals surface area contributed by atoms with E-state index >= 15 is 0 Å². The number of hydrogen-bond donors (Lipinski definition) is 1. The summed E-state index contributed by atoms with van der Waals surface area (Å²) in [4.78, 5) is 0. The Morgan fingerprint density at radius 2 is 2.00 bits per heavy atom. The lowest BCUT2D eigenvalue weighted by molar-refractivity contribution is 0.609. The van der Waals surface area contributed by atoms with E-state index in [1.807, 2.05) is 27.7 Å². The van der Waals surface area contributed by atoms with E-state index in [1.165, 1.54) is 6.07 Å². The van der Waals surface area contributed by atoms with E-state index in [0.717, 1.165) is 5.56 Å². The van der Waals surface area contributed by atoms with Gasteiger partial charge in [-0.25, -0.2) is 13.3 Å². The molecule has 0 aliphatic rings. The van der Waals surface area contributed by atoms with Gasteiger partial charge < -0.3 is 0 Å². The van der Waals surface area contributed by atoms with Crippen molar-refractivity contribution < 1.29 is 8.60 Å². The van der Waals surface area contributed by atoms with Crippen LogP contribution >= 0.6 is 15.9 Å². The Labute approximate surface area is 113 Å². The summed E-state index contributed by atoms with van der Waals surface area (Å²) in [7, 11) is -1.14. The molecule has 0 heterocycles. The molecular weight excluding hydrogens is 305 g/mol. The van der Waals surface area contributed by atoms with Crippen molar-refractivity contribution in [2.45, 2.75) is 38.5 Å². The number of halogens is 2. The lowest BCUT2D eigenvalue weighted by Gasteiger charge is -2.22. The minimum Gasteiger partial charge on any atom is -0.242 e. The average Bonchev–Trinajstić information content (AvgIpc) is 2.20. The van der Waals surface area contributed by atoms with Gasteiger partial charge in [-0.3, -0.25) is 0 Å². The Morgan fingerprint density at radius 3 is 2.47 bits per heavy atom. The lowest BCUT2D eigenvalue weighted by Crippen LogP contribution is -2.34. The van der Waals surface area contributed by atoms with Crippen LogP contribution in [-0.2, 0) is 11.0 Å². The summed E-state index contributed by atoms with van der Waals surface area (Å²) >= 11 is 3.14. The van der Waals surface area contributed by atoms with E-state index < -0.39 is 11.0 Å². The van der Waals surface area contributed by atoms with Crippen LogP contribution in [0.2, 0.25) is 0 Å². The van der Waals surface area contributed by atoms with Crippen LogP contribution in [0.1, 0.15) is 39.3 Å². The first-order valence-electron chi connectivity index (χ1n) is 5.35. The third kappa shape index (κ3) is 4.16. The molecule has 1 aromatic carbocycles. The summed E-state index contributed by atoms with van der Waals surface area (Å²) in [6.45, 7) is 7.62. The quantitative estimate of drug-likeness (QED) is 0.903. The topological polar surface area (TPSA) is 29.1 Å². The first kappa shape index (κ1) is 14.8. The number of rotatable bonds is 3. The van der Waals surface area contributed by atoms with Crippen molar-refractivity contribution >= 4 is 26.9 Å². The molecule has 0 bridgehead atoms. The van der Waals surface area contributed by atoms with Crippen LogP contribution in [0.5, 0.6) is 0 Å². The van der Waals surface area contributed by atoms with Crippen LogP contribution in [0.15, 0.2) is 22.7 Å². The van der Waals surface area contributed by atoms with Crippen LogP contribution in [0.3, 0.4) is 0 Å². The van der Waals surface area contributed by atoms with Crippen LogP contribution in [0.25, 0.3) is 0 Å². The molecule has 0 aliphatic heterocycles. The van der Waals surface area contributed by atoms with Gasteiger partial charge in [0, 0.05) is 6.04 Å². The van der Waals surface area contributed by atoms with Gasteiger partial charge in [0.25, 0.3) is 0 Å². The first-order chi connectivity index (χ1) is 7.71. The second-order valence-corrected chi connectivity index (χ2v) is 7.75. The predicted octanol–water partition coefficient (Wildman–Crippen LogP) is 3.70. The molecule has 0 fully saturated rings. The van der Waals surface area contributed by atoms with Gasteiger partial charge in [0.1, 0.15) is 5.82 Å². The van der Waals surface area contributed by atoms with Crippen LogP contribution in [0, 0.1) is 5.82 Å². The minimum atomic E-state index is -1.14. The number of nitrogens with one attached hydrogen (secondary N) is 1. The Bertz CT molecular complexity index is 431. The average molecular weight is 322 g/mol.